The van der Waals surface area contributed by atoms with Crippen molar-refractivity contribution in [3.8, 4) is 0 Å². The standard InChI is InChI=1S/C22H25N3O4S.C2HF3O2/c1-22(20(28)29-2)17-16(15-10-23-21(25(15)22)30-12-14-8-9-14)18(26)24(19(17)27)11-13-6-4-3-5-7-13;3-2(4,5)1(6)7/h3-7,14-17H,8-12H2,1-2H3;(H,6,7)/t15-,16+,17-,22-;/m1./s1. The van der Waals surface area contributed by atoms with Crippen LogP contribution in [0.5, 0.6) is 0 Å². The number of carbonyl (C=O) groups is 4. The highest BCUT2D eigenvalue weighted by molar-refractivity contribution is 8.13. The topological polar surface area (TPSA) is 117 Å². The zero-order valence-corrected chi connectivity index (χ0v) is 20.9. The number of hydrogen-bond acceptors (Lipinski definition) is 8. The van der Waals surface area contributed by atoms with Crippen molar-refractivity contribution in [2.24, 2.45) is 22.7 Å². The average molecular weight is 542 g/mol. The number of carboxylic acids is 1. The number of rotatable bonds is 5. The molecule has 2 saturated heterocycles. The second-order valence-electron chi connectivity index (χ2n) is 9.51. The number of amides is 2. The van der Waals surface area contributed by atoms with Crippen LogP contribution < -0.4 is 0 Å². The Bertz CT molecular complexity index is 1130. The number of halogens is 3. The van der Waals surface area contributed by atoms with Gasteiger partial charge in [0.2, 0.25) is 11.8 Å². The second kappa shape index (κ2) is 9.99. The Hall–Kier alpha value is -3.09. The Labute approximate surface area is 215 Å². The van der Waals surface area contributed by atoms with Crippen LogP contribution in [0.1, 0.15) is 25.3 Å². The van der Waals surface area contributed by atoms with Crippen LogP contribution in [0.3, 0.4) is 0 Å². The Morgan fingerprint density at radius 2 is 1.81 bits per heavy atom. The van der Waals surface area contributed by atoms with Gasteiger partial charge in [-0.05, 0) is 31.2 Å². The quantitative estimate of drug-likeness (QED) is 0.447. The molecule has 3 heterocycles. The minimum atomic E-state index is -5.08. The van der Waals surface area contributed by atoms with Crippen LogP contribution in [0.4, 0.5) is 13.2 Å². The van der Waals surface area contributed by atoms with Gasteiger partial charge in [-0.1, -0.05) is 42.1 Å². The molecule has 1 aliphatic carbocycles. The van der Waals surface area contributed by atoms with E-state index in [1.807, 2.05) is 35.2 Å². The van der Waals surface area contributed by atoms with Crippen molar-refractivity contribution in [1.29, 1.82) is 0 Å². The third-order valence-corrected chi connectivity index (χ3v) is 8.31. The number of methoxy groups -OCH3 is 1. The first kappa shape index (κ1) is 27.0. The van der Waals surface area contributed by atoms with Gasteiger partial charge in [-0.25, -0.2) is 9.59 Å². The second-order valence-corrected chi connectivity index (χ2v) is 10.5. The molecule has 0 unspecified atom stereocenters. The SMILES string of the molecule is COC(=O)[C@@]1(C)[C@H]2C(=O)N(Cc3ccccc3)C(=O)[C@H]2[C@H]2CN=C(SCC3CC3)N21.O=C(O)C(F)(F)F. The zero-order chi connectivity index (χ0) is 27.1. The summed E-state index contributed by atoms with van der Waals surface area (Å²) in [5, 5.41) is 7.89. The molecule has 13 heteroatoms. The van der Waals surface area contributed by atoms with Gasteiger partial charge in [0.15, 0.2) is 5.17 Å². The predicted octanol–water partition coefficient (Wildman–Crippen LogP) is 2.55. The smallest absolute Gasteiger partial charge is 0.475 e. The van der Waals surface area contributed by atoms with Crippen molar-refractivity contribution < 1.29 is 42.2 Å². The molecule has 3 aliphatic heterocycles. The number of amidine groups is 1. The molecule has 0 aromatic heterocycles. The Morgan fingerprint density at radius 1 is 1.19 bits per heavy atom. The number of aliphatic carboxylic acids is 1. The van der Waals surface area contributed by atoms with Crippen LogP contribution in [-0.2, 0) is 30.5 Å². The van der Waals surface area contributed by atoms with E-state index in [-0.39, 0.29) is 24.4 Å². The molecule has 2 amide bonds. The van der Waals surface area contributed by atoms with Gasteiger partial charge < -0.3 is 14.7 Å². The summed E-state index contributed by atoms with van der Waals surface area (Å²) in [6.07, 6.45) is -2.62. The third-order valence-electron chi connectivity index (χ3n) is 7.08. The van der Waals surface area contributed by atoms with Gasteiger partial charge in [0.1, 0.15) is 5.54 Å². The average Bonchev–Trinajstić information content (AvgIpc) is 3.46. The van der Waals surface area contributed by atoms with Crippen LogP contribution in [0.25, 0.3) is 0 Å². The molecular formula is C24H26F3N3O6S. The summed E-state index contributed by atoms with van der Waals surface area (Å²) in [6.45, 7) is 2.39. The van der Waals surface area contributed by atoms with E-state index in [9.17, 15) is 27.6 Å². The van der Waals surface area contributed by atoms with Gasteiger partial charge in [0.05, 0.1) is 38.1 Å². The lowest BCUT2D eigenvalue weighted by molar-refractivity contribution is -0.192. The number of imide groups is 1. The monoisotopic (exact) mass is 541 g/mol. The summed E-state index contributed by atoms with van der Waals surface area (Å²) in [4.78, 5) is 56.7. The molecule has 0 radical (unpaired) electrons. The zero-order valence-electron chi connectivity index (χ0n) is 20.1. The van der Waals surface area contributed by atoms with E-state index >= 15 is 0 Å². The first-order valence-electron chi connectivity index (χ1n) is 11.7. The molecular weight excluding hydrogens is 515 g/mol. The van der Waals surface area contributed by atoms with Gasteiger partial charge in [0.25, 0.3) is 0 Å². The van der Waals surface area contributed by atoms with Gasteiger partial charge in [-0.15, -0.1) is 0 Å². The maximum Gasteiger partial charge on any atom is 0.490 e. The van der Waals surface area contributed by atoms with Crippen LogP contribution in [0, 0.1) is 17.8 Å². The molecule has 3 fully saturated rings. The molecule has 4 aliphatic rings. The van der Waals surface area contributed by atoms with Crippen molar-refractivity contribution in [1.82, 2.24) is 9.80 Å². The molecule has 1 N–H and O–H groups in total. The van der Waals surface area contributed by atoms with Crippen LogP contribution in [-0.4, -0.2) is 81.0 Å². The minimum absolute atomic E-state index is 0.208. The van der Waals surface area contributed by atoms with Gasteiger partial charge in [0, 0.05) is 5.75 Å². The molecule has 1 aromatic carbocycles. The van der Waals surface area contributed by atoms with Crippen LogP contribution in [0.2, 0.25) is 0 Å². The van der Waals surface area contributed by atoms with Crippen molar-refractivity contribution in [3.05, 3.63) is 35.9 Å². The first-order chi connectivity index (χ1) is 17.4. The predicted molar refractivity (Wildman–Crippen MR) is 126 cm³/mol. The van der Waals surface area contributed by atoms with E-state index in [4.69, 9.17) is 14.6 Å². The van der Waals surface area contributed by atoms with E-state index in [1.54, 1.807) is 18.7 Å². The Kier molecular flexibility index (Phi) is 7.28. The Morgan fingerprint density at radius 3 is 2.35 bits per heavy atom. The van der Waals surface area contributed by atoms with Gasteiger partial charge >= 0.3 is 18.1 Å². The molecule has 200 valence electrons. The summed E-state index contributed by atoms with van der Waals surface area (Å²) in [7, 11) is 1.34. The molecule has 5 rings (SSSR count). The normalized spacial score (nSPS) is 28.4. The molecule has 4 atom stereocenters. The summed E-state index contributed by atoms with van der Waals surface area (Å²) in [5.41, 5.74) is -0.340. The van der Waals surface area contributed by atoms with E-state index in [0.717, 1.165) is 16.5 Å². The number of aliphatic imine (C=N–C) groups is 1. The van der Waals surface area contributed by atoms with Gasteiger partial charge in [-0.3, -0.25) is 19.5 Å². The van der Waals surface area contributed by atoms with Crippen LogP contribution >= 0.6 is 11.8 Å². The molecule has 0 bridgehead atoms. The van der Waals surface area contributed by atoms with Crippen molar-refractivity contribution >= 4 is 40.7 Å². The van der Waals surface area contributed by atoms with Crippen molar-refractivity contribution in [2.75, 3.05) is 19.4 Å². The molecule has 0 spiro atoms. The fourth-order valence-corrected chi connectivity index (χ4v) is 6.46. The number of hydrogen-bond donors (Lipinski definition) is 1. The maximum atomic E-state index is 13.5. The Balaban J connectivity index is 0.000000405. The first-order valence-corrected chi connectivity index (χ1v) is 12.6. The fraction of sp³-hybridized carbons (Fsp3) is 0.542. The lowest BCUT2D eigenvalue weighted by Gasteiger charge is -2.37. The number of esters is 1. The molecule has 37 heavy (non-hydrogen) atoms. The van der Waals surface area contributed by atoms with E-state index in [2.05, 4.69) is 4.99 Å². The fourth-order valence-electron chi connectivity index (χ4n) is 5.11. The third kappa shape index (κ3) is 4.92. The van der Waals surface area contributed by atoms with Crippen molar-refractivity contribution in [2.45, 2.75) is 44.1 Å². The minimum Gasteiger partial charge on any atom is -0.475 e. The van der Waals surface area contributed by atoms with Gasteiger partial charge in [-0.2, -0.15) is 13.2 Å². The molecule has 1 saturated carbocycles. The number of likely N-dealkylation sites (tertiary alicyclic amines) is 1. The highest BCUT2D eigenvalue weighted by Gasteiger charge is 2.72. The summed E-state index contributed by atoms with van der Waals surface area (Å²) in [5.74, 6) is -3.41. The lowest BCUT2D eigenvalue weighted by atomic mass is 9.81. The number of carboxylic acid groups (broad SMARTS) is 1. The number of carbonyl (C=O) groups excluding carboxylic acids is 3. The van der Waals surface area contributed by atoms with Crippen molar-refractivity contribution in [3.63, 3.8) is 0 Å². The molecule has 1 aromatic rings. The number of nitrogens with zero attached hydrogens (tertiary/aromatic N) is 3. The summed E-state index contributed by atoms with van der Waals surface area (Å²) < 4.78 is 36.9. The maximum absolute atomic E-state index is 13.5. The lowest BCUT2D eigenvalue weighted by Crippen LogP contribution is -2.57. The summed E-state index contributed by atoms with van der Waals surface area (Å²) >= 11 is 1.64. The number of ether oxygens (including phenoxy) is 1. The summed E-state index contributed by atoms with van der Waals surface area (Å²) in [6, 6.07) is 9.18. The number of fused-ring (bicyclic) bond motifs is 3. The van der Waals surface area contributed by atoms with Crippen LogP contribution in [0.15, 0.2) is 35.3 Å². The highest BCUT2D eigenvalue weighted by Crippen LogP contribution is 2.52. The number of thioether (sulfide) groups is 1. The number of benzene rings is 1. The van der Waals surface area contributed by atoms with E-state index in [0.29, 0.717) is 12.5 Å². The highest BCUT2D eigenvalue weighted by atomic mass is 32.2. The van der Waals surface area contributed by atoms with E-state index < -0.39 is 35.5 Å². The number of alkyl halides is 3. The largest absolute Gasteiger partial charge is 0.490 e. The molecule has 9 nitrogen and oxygen atoms in total. The van der Waals surface area contributed by atoms with E-state index in [1.165, 1.54) is 24.9 Å².